The Morgan fingerprint density at radius 1 is 1.39 bits per heavy atom. The van der Waals surface area contributed by atoms with Crippen molar-refractivity contribution in [2.75, 3.05) is 6.54 Å². The Kier molecular flexibility index (Phi) is 3.73. The maximum absolute atomic E-state index is 12.1. The van der Waals surface area contributed by atoms with Gasteiger partial charge in [0.25, 0.3) is 0 Å². The number of aryl methyl sites for hydroxylation is 2. The van der Waals surface area contributed by atoms with Gasteiger partial charge in [-0.25, -0.2) is 0 Å². The number of hydrogen-bond acceptors (Lipinski definition) is 2. The predicted octanol–water partition coefficient (Wildman–Crippen LogP) is 2.28. The average Bonchev–Trinajstić information content (AvgIpc) is 3.16. The minimum Gasteiger partial charge on any atom is -0.338 e. The summed E-state index contributed by atoms with van der Waals surface area (Å²) in [5, 5.41) is 4.51. The number of rotatable bonds is 5. The van der Waals surface area contributed by atoms with Crippen molar-refractivity contribution in [3.05, 3.63) is 17.0 Å². The fraction of sp³-hybridized carbons (Fsp3) is 0.714. The molecule has 0 aliphatic heterocycles. The maximum atomic E-state index is 12.1. The lowest BCUT2D eigenvalue weighted by Crippen LogP contribution is -2.31. The Hall–Kier alpha value is -1.32. The minimum atomic E-state index is 0.298. The molecule has 1 aromatic rings. The van der Waals surface area contributed by atoms with Gasteiger partial charge in [-0.3, -0.25) is 9.48 Å². The summed E-state index contributed by atoms with van der Waals surface area (Å²) in [4.78, 5) is 14.1. The first kappa shape index (κ1) is 13.1. The second-order valence-electron chi connectivity index (χ2n) is 5.09. The monoisotopic (exact) mass is 249 g/mol. The summed E-state index contributed by atoms with van der Waals surface area (Å²) in [6.45, 7) is 10.6. The molecule has 0 saturated heterocycles. The van der Waals surface area contributed by atoms with Gasteiger partial charge in [0.05, 0.1) is 5.69 Å². The van der Waals surface area contributed by atoms with E-state index in [-0.39, 0.29) is 0 Å². The second-order valence-corrected chi connectivity index (χ2v) is 5.09. The lowest BCUT2D eigenvalue weighted by atomic mass is 10.1. The van der Waals surface area contributed by atoms with E-state index in [2.05, 4.69) is 25.9 Å². The molecule has 4 heteroatoms. The summed E-state index contributed by atoms with van der Waals surface area (Å²) in [6.07, 6.45) is 2.14. The van der Waals surface area contributed by atoms with Crippen LogP contribution in [0.1, 0.15) is 43.6 Å². The molecule has 100 valence electrons. The van der Waals surface area contributed by atoms with Crippen molar-refractivity contribution in [2.45, 2.75) is 53.6 Å². The van der Waals surface area contributed by atoms with Crippen LogP contribution in [0.25, 0.3) is 0 Å². The van der Waals surface area contributed by atoms with E-state index >= 15 is 0 Å². The summed E-state index contributed by atoms with van der Waals surface area (Å²) in [5.41, 5.74) is 3.46. The smallest absolute Gasteiger partial charge is 0.225 e. The van der Waals surface area contributed by atoms with E-state index in [4.69, 9.17) is 0 Å². The van der Waals surface area contributed by atoms with Crippen molar-refractivity contribution in [1.82, 2.24) is 14.7 Å². The molecule has 0 N–H and O–H groups in total. The van der Waals surface area contributed by atoms with Crippen molar-refractivity contribution in [2.24, 2.45) is 5.92 Å². The van der Waals surface area contributed by atoms with Crippen LogP contribution < -0.4 is 0 Å². The highest BCUT2D eigenvalue weighted by atomic mass is 16.2. The van der Waals surface area contributed by atoms with Crippen LogP contribution >= 0.6 is 0 Å². The number of aromatic nitrogens is 2. The predicted molar refractivity (Wildman–Crippen MR) is 71.2 cm³/mol. The summed E-state index contributed by atoms with van der Waals surface area (Å²) in [6, 6.07) is 0. The van der Waals surface area contributed by atoms with Crippen LogP contribution in [-0.2, 0) is 17.9 Å². The Morgan fingerprint density at radius 2 is 2.06 bits per heavy atom. The first-order valence-corrected chi connectivity index (χ1v) is 6.90. The van der Waals surface area contributed by atoms with Crippen LogP contribution in [0, 0.1) is 19.8 Å². The van der Waals surface area contributed by atoms with Crippen LogP contribution in [0.3, 0.4) is 0 Å². The Morgan fingerprint density at radius 3 is 2.50 bits per heavy atom. The lowest BCUT2D eigenvalue weighted by Gasteiger charge is -2.21. The average molecular weight is 249 g/mol. The zero-order valence-electron chi connectivity index (χ0n) is 11.9. The molecular weight excluding hydrogens is 226 g/mol. The van der Waals surface area contributed by atoms with Gasteiger partial charge in [-0.05, 0) is 40.5 Å². The third kappa shape index (κ3) is 2.42. The van der Waals surface area contributed by atoms with Crippen molar-refractivity contribution in [3.8, 4) is 0 Å². The van der Waals surface area contributed by atoms with Crippen molar-refractivity contribution in [1.29, 1.82) is 0 Å². The number of carbonyl (C=O) groups excluding carboxylic acids is 1. The molecule has 1 fully saturated rings. The SMILES string of the molecule is CCN(Cc1c(C)nn(CC)c1C)C(=O)C1CC1. The third-order valence-corrected chi connectivity index (χ3v) is 3.80. The molecular formula is C14H23N3O. The van der Waals surface area contributed by atoms with Crippen molar-refractivity contribution < 1.29 is 4.79 Å². The van der Waals surface area contributed by atoms with E-state index in [1.807, 2.05) is 16.5 Å². The molecule has 0 spiro atoms. The largest absolute Gasteiger partial charge is 0.338 e. The summed E-state index contributed by atoms with van der Waals surface area (Å²) in [7, 11) is 0. The number of amides is 1. The maximum Gasteiger partial charge on any atom is 0.225 e. The van der Waals surface area contributed by atoms with Crippen LogP contribution in [0.15, 0.2) is 0 Å². The molecule has 1 heterocycles. The number of nitrogens with zero attached hydrogens (tertiary/aromatic N) is 3. The van der Waals surface area contributed by atoms with Gasteiger partial charge in [-0.1, -0.05) is 0 Å². The van der Waals surface area contributed by atoms with E-state index in [1.165, 1.54) is 11.3 Å². The molecule has 0 aromatic carbocycles. The Balaban J connectivity index is 2.16. The fourth-order valence-electron chi connectivity index (χ4n) is 2.40. The number of hydrogen-bond donors (Lipinski definition) is 0. The van der Waals surface area contributed by atoms with E-state index < -0.39 is 0 Å². The van der Waals surface area contributed by atoms with Gasteiger partial charge in [0.2, 0.25) is 5.91 Å². The van der Waals surface area contributed by atoms with Crippen LogP contribution in [0.2, 0.25) is 0 Å². The third-order valence-electron chi connectivity index (χ3n) is 3.80. The highest BCUT2D eigenvalue weighted by Crippen LogP contribution is 2.31. The zero-order valence-corrected chi connectivity index (χ0v) is 11.9. The van der Waals surface area contributed by atoms with Crippen LogP contribution in [0.5, 0.6) is 0 Å². The van der Waals surface area contributed by atoms with Crippen LogP contribution in [-0.4, -0.2) is 27.1 Å². The van der Waals surface area contributed by atoms with E-state index in [1.54, 1.807) is 0 Å². The first-order valence-electron chi connectivity index (χ1n) is 6.90. The van der Waals surface area contributed by atoms with Crippen molar-refractivity contribution >= 4 is 5.91 Å². The molecule has 1 saturated carbocycles. The molecule has 4 nitrogen and oxygen atoms in total. The fourth-order valence-corrected chi connectivity index (χ4v) is 2.40. The molecule has 18 heavy (non-hydrogen) atoms. The molecule has 1 amide bonds. The standard InChI is InChI=1S/C14H23N3O/c1-5-16(14(18)12-7-8-12)9-13-10(3)15-17(6-2)11(13)4/h12H,5-9H2,1-4H3. The Labute approximate surface area is 109 Å². The van der Waals surface area contributed by atoms with Crippen LogP contribution in [0.4, 0.5) is 0 Å². The molecule has 2 rings (SSSR count). The van der Waals surface area contributed by atoms with Gasteiger partial charge >= 0.3 is 0 Å². The van der Waals surface area contributed by atoms with Gasteiger partial charge in [0.1, 0.15) is 0 Å². The topological polar surface area (TPSA) is 38.1 Å². The van der Waals surface area contributed by atoms with E-state index in [0.717, 1.165) is 31.6 Å². The van der Waals surface area contributed by atoms with Gasteiger partial charge in [-0.2, -0.15) is 5.10 Å². The second kappa shape index (κ2) is 5.12. The molecule has 1 aliphatic carbocycles. The van der Waals surface area contributed by atoms with Gasteiger partial charge in [0, 0.05) is 36.8 Å². The summed E-state index contributed by atoms with van der Waals surface area (Å²) in [5.74, 6) is 0.618. The summed E-state index contributed by atoms with van der Waals surface area (Å²) >= 11 is 0. The molecule has 0 atom stereocenters. The normalized spacial score (nSPS) is 14.9. The highest BCUT2D eigenvalue weighted by Gasteiger charge is 2.33. The minimum absolute atomic E-state index is 0.298. The zero-order chi connectivity index (χ0) is 13.3. The summed E-state index contributed by atoms with van der Waals surface area (Å²) < 4.78 is 2.01. The van der Waals surface area contributed by atoms with Gasteiger partial charge < -0.3 is 4.90 Å². The van der Waals surface area contributed by atoms with Gasteiger partial charge in [0.15, 0.2) is 0 Å². The quantitative estimate of drug-likeness (QED) is 0.803. The first-order chi connectivity index (χ1) is 8.58. The lowest BCUT2D eigenvalue weighted by molar-refractivity contribution is -0.132. The highest BCUT2D eigenvalue weighted by molar-refractivity contribution is 5.81. The molecule has 0 radical (unpaired) electrons. The molecule has 0 bridgehead atoms. The molecule has 1 aliphatic rings. The number of carbonyl (C=O) groups is 1. The van der Waals surface area contributed by atoms with E-state index in [0.29, 0.717) is 18.4 Å². The van der Waals surface area contributed by atoms with E-state index in [9.17, 15) is 4.79 Å². The molecule has 0 unspecified atom stereocenters. The van der Waals surface area contributed by atoms with Crippen molar-refractivity contribution in [3.63, 3.8) is 0 Å². The van der Waals surface area contributed by atoms with Gasteiger partial charge in [-0.15, -0.1) is 0 Å². The molecule has 1 aromatic heterocycles. The Bertz CT molecular complexity index is 446.